The average molecular weight is 309 g/mol. The Morgan fingerprint density at radius 1 is 1.22 bits per heavy atom. The summed E-state index contributed by atoms with van der Waals surface area (Å²) in [4.78, 5) is 25.2. The van der Waals surface area contributed by atoms with E-state index in [1.807, 2.05) is 0 Å². The van der Waals surface area contributed by atoms with Gasteiger partial charge in [0, 0.05) is 16.8 Å². The van der Waals surface area contributed by atoms with E-state index in [2.05, 4.69) is 5.32 Å². The molecule has 0 radical (unpaired) electrons. The van der Waals surface area contributed by atoms with E-state index >= 15 is 0 Å². The molecule has 0 saturated carbocycles. The summed E-state index contributed by atoms with van der Waals surface area (Å²) >= 11 is 0. The van der Waals surface area contributed by atoms with Crippen molar-refractivity contribution in [3.63, 3.8) is 0 Å². The molecule has 5 nitrogen and oxygen atoms in total. The molecule has 0 unspecified atom stereocenters. The van der Waals surface area contributed by atoms with Crippen LogP contribution in [-0.2, 0) is 16.8 Å². The minimum atomic E-state index is -1.83. The van der Waals surface area contributed by atoms with E-state index in [1.54, 1.807) is 49.6 Å². The summed E-state index contributed by atoms with van der Waals surface area (Å²) in [5.74, 6) is -0.928. The smallest absolute Gasteiger partial charge is 0.261 e. The van der Waals surface area contributed by atoms with Crippen LogP contribution in [0.4, 0.5) is 5.69 Å². The second kappa shape index (κ2) is 4.67. The summed E-state index contributed by atoms with van der Waals surface area (Å²) in [6.07, 6.45) is 0.309. The molecule has 1 amide bonds. The highest BCUT2D eigenvalue weighted by Crippen LogP contribution is 2.46. The summed E-state index contributed by atoms with van der Waals surface area (Å²) in [7, 11) is 1.56. The second-order valence-electron chi connectivity index (χ2n) is 5.91. The highest BCUT2D eigenvalue weighted by molar-refractivity contribution is 6.12. The van der Waals surface area contributed by atoms with Crippen LogP contribution < -0.4 is 10.1 Å². The van der Waals surface area contributed by atoms with Crippen molar-refractivity contribution in [1.29, 1.82) is 0 Å². The Morgan fingerprint density at radius 3 is 2.78 bits per heavy atom. The van der Waals surface area contributed by atoms with Crippen molar-refractivity contribution >= 4 is 17.4 Å². The van der Waals surface area contributed by atoms with Gasteiger partial charge in [0.1, 0.15) is 5.75 Å². The number of fused-ring (bicyclic) bond motifs is 2. The molecular formula is C18H15NO4. The Morgan fingerprint density at radius 2 is 2.00 bits per heavy atom. The fourth-order valence-electron chi connectivity index (χ4n) is 3.55. The van der Waals surface area contributed by atoms with Crippen LogP contribution >= 0.6 is 0 Å². The van der Waals surface area contributed by atoms with E-state index in [-0.39, 0.29) is 5.78 Å². The van der Waals surface area contributed by atoms with Gasteiger partial charge in [0.15, 0.2) is 11.4 Å². The number of ketones is 1. The molecule has 0 spiro atoms. The lowest BCUT2D eigenvalue weighted by molar-refractivity contribution is -0.137. The van der Waals surface area contributed by atoms with Crippen LogP contribution in [0.15, 0.2) is 42.5 Å². The first-order valence-electron chi connectivity index (χ1n) is 7.40. The van der Waals surface area contributed by atoms with Crippen molar-refractivity contribution in [2.45, 2.75) is 12.0 Å². The number of hydrogen-bond acceptors (Lipinski definition) is 4. The van der Waals surface area contributed by atoms with Gasteiger partial charge in [-0.3, -0.25) is 9.59 Å². The summed E-state index contributed by atoms with van der Waals surface area (Å²) < 4.78 is 5.18. The third-order valence-corrected chi connectivity index (χ3v) is 4.75. The first-order chi connectivity index (χ1) is 11.1. The Kier molecular flexibility index (Phi) is 2.83. The number of anilines is 1. The number of benzene rings is 2. The van der Waals surface area contributed by atoms with E-state index in [1.165, 1.54) is 0 Å². The van der Waals surface area contributed by atoms with E-state index in [4.69, 9.17) is 4.74 Å². The number of amides is 1. The van der Waals surface area contributed by atoms with Gasteiger partial charge < -0.3 is 15.2 Å². The number of hydrogen-bond donors (Lipinski definition) is 2. The zero-order chi connectivity index (χ0) is 16.2. The number of carbonyl (C=O) groups excluding carboxylic acids is 2. The van der Waals surface area contributed by atoms with Gasteiger partial charge in [-0.25, -0.2) is 0 Å². The Bertz CT molecular complexity index is 845. The number of Topliss-reactive ketones (excluding diaryl/α,β-unsaturated/α-hetero) is 1. The third kappa shape index (κ3) is 1.77. The molecule has 23 heavy (non-hydrogen) atoms. The van der Waals surface area contributed by atoms with Gasteiger partial charge in [0.2, 0.25) is 0 Å². The molecule has 5 heteroatoms. The molecule has 4 rings (SSSR count). The standard InChI is InChI=1S/C18H15NO4/c1-23-11-6-7-12-10(8-11)9-14(16(12)20)18(22)13-4-2-3-5-15(13)19-17(18)21/h2-8,14,22H,9H2,1H3,(H,19,21)/t14-,18-/m1/s1. The first-order valence-corrected chi connectivity index (χ1v) is 7.40. The summed E-state index contributed by atoms with van der Waals surface area (Å²) in [5.41, 5.74) is 0.524. The Labute approximate surface area is 132 Å². The maximum atomic E-state index is 12.8. The van der Waals surface area contributed by atoms with Gasteiger partial charge in [0.05, 0.1) is 13.0 Å². The van der Waals surface area contributed by atoms with Crippen LogP contribution in [0.1, 0.15) is 21.5 Å². The largest absolute Gasteiger partial charge is 0.497 e. The number of methoxy groups -OCH3 is 1. The fourth-order valence-corrected chi connectivity index (χ4v) is 3.55. The topological polar surface area (TPSA) is 75.6 Å². The van der Waals surface area contributed by atoms with Gasteiger partial charge in [-0.1, -0.05) is 18.2 Å². The summed E-state index contributed by atoms with van der Waals surface area (Å²) in [6.45, 7) is 0. The lowest BCUT2D eigenvalue weighted by Crippen LogP contribution is -2.44. The lowest BCUT2D eigenvalue weighted by Gasteiger charge is -2.26. The van der Waals surface area contributed by atoms with E-state index in [9.17, 15) is 14.7 Å². The summed E-state index contributed by atoms with van der Waals surface area (Å²) in [5, 5.41) is 13.8. The molecule has 0 aromatic heterocycles. The van der Waals surface area contributed by atoms with Crippen LogP contribution in [-0.4, -0.2) is 23.9 Å². The predicted octanol–water partition coefficient (Wildman–Crippen LogP) is 1.89. The molecule has 0 bridgehead atoms. The number of nitrogens with one attached hydrogen (secondary N) is 1. The summed E-state index contributed by atoms with van der Waals surface area (Å²) in [6, 6.07) is 12.1. The molecule has 2 N–H and O–H groups in total. The molecule has 1 aliphatic heterocycles. The number of ether oxygens (including phenoxy) is 1. The molecule has 1 heterocycles. The Balaban J connectivity index is 1.80. The normalized spacial score (nSPS) is 25.0. The van der Waals surface area contributed by atoms with Gasteiger partial charge in [-0.05, 0) is 36.2 Å². The molecule has 1 aliphatic carbocycles. The molecular weight excluding hydrogens is 294 g/mol. The highest BCUT2D eigenvalue weighted by Gasteiger charge is 2.55. The first kappa shape index (κ1) is 14.0. The quantitative estimate of drug-likeness (QED) is 0.888. The third-order valence-electron chi connectivity index (χ3n) is 4.75. The second-order valence-corrected chi connectivity index (χ2v) is 5.91. The van der Waals surface area contributed by atoms with Gasteiger partial charge >= 0.3 is 0 Å². The maximum Gasteiger partial charge on any atom is 0.261 e. The fraction of sp³-hybridized carbons (Fsp3) is 0.222. The molecule has 2 aliphatic rings. The van der Waals surface area contributed by atoms with Crippen LogP contribution in [0.25, 0.3) is 0 Å². The van der Waals surface area contributed by atoms with Crippen molar-refractivity contribution in [3.8, 4) is 5.75 Å². The number of rotatable bonds is 2. The zero-order valence-corrected chi connectivity index (χ0v) is 12.5. The van der Waals surface area contributed by atoms with Gasteiger partial charge in [-0.15, -0.1) is 0 Å². The lowest BCUT2D eigenvalue weighted by atomic mass is 9.80. The number of para-hydroxylation sites is 1. The van der Waals surface area contributed by atoms with Crippen LogP contribution in [0.2, 0.25) is 0 Å². The molecule has 2 atom stereocenters. The average Bonchev–Trinajstić information content (AvgIpc) is 3.03. The van der Waals surface area contributed by atoms with Crippen LogP contribution in [0.5, 0.6) is 5.75 Å². The van der Waals surface area contributed by atoms with Gasteiger partial charge in [-0.2, -0.15) is 0 Å². The van der Waals surface area contributed by atoms with E-state index in [0.717, 1.165) is 5.56 Å². The minimum absolute atomic E-state index is 0.211. The molecule has 0 fully saturated rings. The van der Waals surface area contributed by atoms with Crippen molar-refractivity contribution in [3.05, 3.63) is 59.2 Å². The molecule has 2 aromatic carbocycles. The number of aliphatic hydroxyl groups is 1. The predicted molar refractivity (Wildman–Crippen MR) is 83.5 cm³/mol. The van der Waals surface area contributed by atoms with Crippen molar-refractivity contribution in [1.82, 2.24) is 0 Å². The monoisotopic (exact) mass is 309 g/mol. The molecule has 2 aromatic rings. The molecule has 116 valence electrons. The van der Waals surface area contributed by atoms with Crippen LogP contribution in [0, 0.1) is 5.92 Å². The van der Waals surface area contributed by atoms with Crippen LogP contribution in [0.3, 0.4) is 0 Å². The van der Waals surface area contributed by atoms with E-state index in [0.29, 0.717) is 29.0 Å². The highest BCUT2D eigenvalue weighted by atomic mass is 16.5. The SMILES string of the molecule is COc1ccc2c(c1)C[C@@H]([C@@]1(O)C(=O)Nc3ccccc31)C2=O. The maximum absolute atomic E-state index is 12.8. The van der Waals surface area contributed by atoms with Crippen molar-refractivity contribution in [2.24, 2.45) is 5.92 Å². The van der Waals surface area contributed by atoms with Gasteiger partial charge in [0.25, 0.3) is 5.91 Å². The Hall–Kier alpha value is -2.66. The minimum Gasteiger partial charge on any atom is -0.497 e. The van der Waals surface area contributed by atoms with Crippen molar-refractivity contribution < 1.29 is 19.4 Å². The molecule has 0 saturated heterocycles. The zero-order valence-electron chi connectivity index (χ0n) is 12.5. The van der Waals surface area contributed by atoms with E-state index < -0.39 is 17.4 Å². The number of carbonyl (C=O) groups is 2. The van der Waals surface area contributed by atoms with Crippen molar-refractivity contribution in [2.75, 3.05) is 12.4 Å².